The number of nitrogens with two attached hydrogens (primary N) is 1. The van der Waals surface area contributed by atoms with Crippen molar-refractivity contribution >= 4 is 11.6 Å². The number of hydrogen-bond donors (Lipinski definition) is 2. The normalized spacial score (nSPS) is 12.2. The number of rotatable bonds is 5. The second-order valence-electron chi connectivity index (χ2n) is 4.53. The van der Waals surface area contributed by atoms with Crippen LogP contribution in [0.5, 0.6) is 5.75 Å². The van der Waals surface area contributed by atoms with Crippen LogP contribution < -0.4 is 16.0 Å². The van der Waals surface area contributed by atoms with Crippen LogP contribution in [0.3, 0.4) is 0 Å². The monoisotopic (exact) mass is 312 g/mol. The van der Waals surface area contributed by atoms with Gasteiger partial charge in [0.05, 0.1) is 18.2 Å². The molecule has 2 aromatic rings. The van der Waals surface area contributed by atoms with Crippen molar-refractivity contribution in [1.29, 1.82) is 0 Å². The van der Waals surface area contributed by atoms with Crippen LogP contribution in [0.15, 0.2) is 36.4 Å². The van der Waals surface area contributed by atoms with E-state index in [4.69, 9.17) is 22.2 Å². The van der Waals surface area contributed by atoms with Crippen molar-refractivity contribution in [2.75, 3.05) is 7.11 Å². The van der Waals surface area contributed by atoms with E-state index in [-0.39, 0.29) is 10.8 Å². The number of nitrogens with one attached hydrogen (secondary N) is 1. The summed E-state index contributed by atoms with van der Waals surface area (Å²) in [5.41, 5.74) is 3.80. The maximum absolute atomic E-state index is 13.7. The zero-order valence-corrected chi connectivity index (χ0v) is 12.1. The minimum absolute atomic E-state index is 0.0479. The number of ether oxygens (including phenoxy) is 1. The van der Waals surface area contributed by atoms with Crippen LogP contribution >= 0.6 is 11.6 Å². The summed E-state index contributed by atoms with van der Waals surface area (Å²) < 4.78 is 32.1. The number of halogens is 3. The van der Waals surface area contributed by atoms with Gasteiger partial charge in [0, 0.05) is 0 Å². The zero-order chi connectivity index (χ0) is 15.4. The van der Waals surface area contributed by atoms with E-state index in [1.165, 1.54) is 25.3 Å². The zero-order valence-electron chi connectivity index (χ0n) is 11.4. The Balaban J connectivity index is 2.28. The van der Waals surface area contributed by atoms with Crippen LogP contribution in [0.1, 0.15) is 17.2 Å². The van der Waals surface area contributed by atoms with Crippen LogP contribution in [0.25, 0.3) is 0 Å². The molecule has 0 aliphatic heterocycles. The van der Waals surface area contributed by atoms with E-state index in [9.17, 15) is 8.78 Å². The Labute approximate surface area is 126 Å². The van der Waals surface area contributed by atoms with E-state index < -0.39 is 17.7 Å². The lowest BCUT2D eigenvalue weighted by Crippen LogP contribution is -2.29. The molecule has 0 saturated carbocycles. The lowest BCUT2D eigenvalue weighted by atomic mass is 9.99. The van der Waals surface area contributed by atoms with E-state index in [2.05, 4.69) is 5.43 Å². The molecule has 2 aromatic carbocycles. The third-order valence-electron chi connectivity index (χ3n) is 3.24. The Morgan fingerprint density at radius 3 is 2.62 bits per heavy atom. The standard InChI is InChI=1S/C15H15ClF2N2O/c1-21-14-6-5-9(7-12(14)18)13(20-19)8-10-3-2-4-11(17)15(10)16/h2-7,13,20H,8,19H2,1H3. The van der Waals surface area contributed by atoms with Crippen molar-refractivity contribution in [3.8, 4) is 5.75 Å². The molecule has 0 aliphatic carbocycles. The van der Waals surface area contributed by atoms with Gasteiger partial charge in [0.1, 0.15) is 5.82 Å². The first-order valence-electron chi connectivity index (χ1n) is 6.29. The summed E-state index contributed by atoms with van der Waals surface area (Å²) in [5.74, 6) is 4.69. The van der Waals surface area contributed by atoms with Crippen molar-refractivity contribution in [1.82, 2.24) is 5.43 Å². The predicted octanol–water partition coefficient (Wildman–Crippen LogP) is 3.37. The first kappa shape index (κ1) is 15.7. The molecule has 6 heteroatoms. The first-order chi connectivity index (χ1) is 10.1. The summed E-state index contributed by atoms with van der Waals surface area (Å²) in [6, 6.07) is 8.70. The summed E-state index contributed by atoms with van der Waals surface area (Å²) in [7, 11) is 1.39. The van der Waals surface area contributed by atoms with Crippen LogP contribution in [-0.2, 0) is 6.42 Å². The molecule has 0 spiro atoms. The smallest absolute Gasteiger partial charge is 0.165 e. The van der Waals surface area contributed by atoms with E-state index in [1.807, 2.05) is 0 Å². The molecule has 21 heavy (non-hydrogen) atoms. The van der Waals surface area contributed by atoms with Gasteiger partial charge in [-0.3, -0.25) is 11.3 Å². The van der Waals surface area contributed by atoms with Crippen molar-refractivity contribution < 1.29 is 13.5 Å². The summed E-state index contributed by atoms with van der Waals surface area (Å²) in [5, 5.41) is 0.0479. The molecule has 0 fully saturated rings. The summed E-state index contributed by atoms with van der Waals surface area (Å²) >= 11 is 5.92. The molecule has 2 rings (SSSR count). The van der Waals surface area contributed by atoms with Crippen molar-refractivity contribution in [2.24, 2.45) is 5.84 Å². The number of hydrogen-bond acceptors (Lipinski definition) is 3. The first-order valence-corrected chi connectivity index (χ1v) is 6.67. The Kier molecular flexibility index (Phi) is 5.12. The van der Waals surface area contributed by atoms with Gasteiger partial charge in [0.2, 0.25) is 0 Å². The van der Waals surface area contributed by atoms with Gasteiger partial charge in [-0.15, -0.1) is 0 Å². The van der Waals surface area contributed by atoms with E-state index in [1.54, 1.807) is 18.2 Å². The van der Waals surface area contributed by atoms with Gasteiger partial charge < -0.3 is 4.74 Å². The van der Waals surface area contributed by atoms with Gasteiger partial charge in [-0.1, -0.05) is 29.8 Å². The highest BCUT2D eigenvalue weighted by Crippen LogP contribution is 2.27. The van der Waals surface area contributed by atoms with Crippen molar-refractivity contribution in [3.05, 3.63) is 64.2 Å². The molecule has 112 valence electrons. The minimum Gasteiger partial charge on any atom is -0.494 e. The Morgan fingerprint density at radius 1 is 1.24 bits per heavy atom. The molecule has 0 amide bonds. The van der Waals surface area contributed by atoms with Gasteiger partial charge in [-0.2, -0.15) is 0 Å². The topological polar surface area (TPSA) is 47.3 Å². The number of benzene rings is 2. The maximum atomic E-state index is 13.7. The highest BCUT2D eigenvalue weighted by atomic mass is 35.5. The molecule has 0 bridgehead atoms. The second kappa shape index (κ2) is 6.85. The van der Waals surface area contributed by atoms with Gasteiger partial charge in [-0.05, 0) is 35.7 Å². The third kappa shape index (κ3) is 3.50. The molecule has 3 nitrogen and oxygen atoms in total. The highest BCUT2D eigenvalue weighted by Gasteiger charge is 2.16. The van der Waals surface area contributed by atoms with E-state index in [0.717, 1.165) is 0 Å². The highest BCUT2D eigenvalue weighted by molar-refractivity contribution is 6.31. The number of hydrazine groups is 1. The predicted molar refractivity (Wildman–Crippen MR) is 78.1 cm³/mol. The Hall–Kier alpha value is -1.69. The van der Waals surface area contributed by atoms with Gasteiger partial charge in [0.15, 0.2) is 11.6 Å². The lowest BCUT2D eigenvalue weighted by molar-refractivity contribution is 0.385. The summed E-state index contributed by atoms with van der Waals surface area (Å²) in [4.78, 5) is 0. The molecular weight excluding hydrogens is 298 g/mol. The molecule has 3 N–H and O–H groups in total. The molecule has 0 aromatic heterocycles. The SMILES string of the molecule is COc1ccc(C(Cc2cccc(F)c2Cl)NN)cc1F. The molecule has 0 heterocycles. The lowest BCUT2D eigenvalue weighted by Gasteiger charge is -2.18. The molecule has 0 aliphatic rings. The third-order valence-corrected chi connectivity index (χ3v) is 3.66. The fourth-order valence-electron chi connectivity index (χ4n) is 2.10. The average molecular weight is 313 g/mol. The van der Waals surface area contributed by atoms with E-state index in [0.29, 0.717) is 17.5 Å². The van der Waals surface area contributed by atoms with Crippen LogP contribution in [0.4, 0.5) is 8.78 Å². The fourth-order valence-corrected chi connectivity index (χ4v) is 2.30. The molecule has 1 atom stereocenters. The van der Waals surface area contributed by atoms with Gasteiger partial charge in [0.25, 0.3) is 0 Å². The number of methoxy groups -OCH3 is 1. The fraction of sp³-hybridized carbons (Fsp3) is 0.200. The second-order valence-corrected chi connectivity index (χ2v) is 4.91. The largest absolute Gasteiger partial charge is 0.494 e. The molecule has 1 unspecified atom stereocenters. The van der Waals surface area contributed by atoms with Crippen LogP contribution in [-0.4, -0.2) is 7.11 Å². The van der Waals surface area contributed by atoms with E-state index >= 15 is 0 Å². The van der Waals surface area contributed by atoms with Crippen molar-refractivity contribution in [3.63, 3.8) is 0 Å². The van der Waals surface area contributed by atoms with Gasteiger partial charge >= 0.3 is 0 Å². The summed E-state index contributed by atoms with van der Waals surface area (Å²) in [6.07, 6.45) is 0.332. The molecule has 0 saturated heterocycles. The molecule has 0 radical (unpaired) electrons. The molecular formula is C15H15ClF2N2O. The Morgan fingerprint density at radius 2 is 2.00 bits per heavy atom. The average Bonchev–Trinajstić information content (AvgIpc) is 2.48. The summed E-state index contributed by atoms with van der Waals surface area (Å²) in [6.45, 7) is 0. The quantitative estimate of drug-likeness (QED) is 0.657. The van der Waals surface area contributed by atoms with Crippen molar-refractivity contribution in [2.45, 2.75) is 12.5 Å². The van der Waals surface area contributed by atoms with Crippen LogP contribution in [0.2, 0.25) is 5.02 Å². The Bertz CT molecular complexity index is 637. The minimum atomic E-state index is -0.495. The van der Waals surface area contributed by atoms with Crippen LogP contribution in [0, 0.1) is 11.6 Å². The maximum Gasteiger partial charge on any atom is 0.165 e. The van der Waals surface area contributed by atoms with Gasteiger partial charge in [-0.25, -0.2) is 8.78 Å².